The molecule has 8 nitrogen and oxygen atoms in total. The van der Waals surface area contributed by atoms with Gasteiger partial charge in [-0.05, 0) is 54.6 Å². The Morgan fingerprint density at radius 1 is 0.839 bits per heavy atom. The molecule has 3 aromatic rings. The van der Waals surface area contributed by atoms with Crippen LogP contribution in [0.3, 0.4) is 0 Å². The maximum Gasteiger partial charge on any atom is 0.261 e. The van der Waals surface area contributed by atoms with Crippen LogP contribution in [0.4, 0.5) is 17.1 Å². The summed E-state index contributed by atoms with van der Waals surface area (Å²) in [5.41, 5.74) is 1.58. The van der Waals surface area contributed by atoms with Gasteiger partial charge in [0.15, 0.2) is 0 Å². The number of sulfonamides is 1. The van der Waals surface area contributed by atoms with Gasteiger partial charge in [-0.15, -0.1) is 0 Å². The Labute approximate surface area is 180 Å². The van der Waals surface area contributed by atoms with Gasteiger partial charge in [0.1, 0.15) is 5.75 Å². The molecule has 9 heteroatoms. The third kappa shape index (κ3) is 5.61. The number of amides is 2. The first-order chi connectivity index (χ1) is 14.8. The second-order valence-corrected chi connectivity index (χ2v) is 8.23. The predicted molar refractivity (Wildman–Crippen MR) is 119 cm³/mol. The summed E-state index contributed by atoms with van der Waals surface area (Å²) in [6.45, 7) is 1.37. The Balaban J connectivity index is 1.74. The molecule has 0 aromatic heterocycles. The molecule has 0 radical (unpaired) electrons. The van der Waals surface area contributed by atoms with Gasteiger partial charge in [-0.25, -0.2) is 8.42 Å². The van der Waals surface area contributed by atoms with E-state index in [1.165, 1.54) is 38.3 Å². The number of anilines is 3. The van der Waals surface area contributed by atoms with Crippen LogP contribution in [-0.4, -0.2) is 27.3 Å². The topological polar surface area (TPSA) is 114 Å². The smallest absolute Gasteiger partial charge is 0.261 e. The van der Waals surface area contributed by atoms with Gasteiger partial charge in [0, 0.05) is 23.9 Å². The highest BCUT2D eigenvalue weighted by Crippen LogP contribution is 2.28. The van der Waals surface area contributed by atoms with Gasteiger partial charge in [-0.1, -0.05) is 18.2 Å². The summed E-state index contributed by atoms with van der Waals surface area (Å²) < 4.78 is 32.7. The largest absolute Gasteiger partial charge is 0.495 e. The molecular weight excluding hydrogens is 418 g/mol. The minimum Gasteiger partial charge on any atom is -0.495 e. The van der Waals surface area contributed by atoms with Gasteiger partial charge in [-0.2, -0.15) is 0 Å². The van der Waals surface area contributed by atoms with E-state index in [9.17, 15) is 18.0 Å². The number of carbonyl (C=O) groups excluding carboxylic acids is 2. The van der Waals surface area contributed by atoms with Crippen LogP contribution in [0.2, 0.25) is 0 Å². The number of rotatable bonds is 7. The second kappa shape index (κ2) is 9.31. The van der Waals surface area contributed by atoms with Crippen molar-refractivity contribution >= 4 is 38.9 Å². The van der Waals surface area contributed by atoms with Crippen molar-refractivity contribution in [2.45, 2.75) is 11.8 Å². The third-order valence-corrected chi connectivity index (χ3v) is 5.62. The summed E-state index contributed by atoms with van der Waals surface area (Å²) in [5, 5.41) is 5.34. The van der Waals surface area contributed by atoms with Crippen LogP contribution in [0.5, 0.6) is 5.75 Å². The zero-order chi connectivity index (χ0) is 22.4. The van der Waals surface area contributed by atoms with Crippen LogP contribution < -0.4 is 20.1 Å². The Morgan fingerprint density at radius 2 is 1.52 bits per heavy atom. The van der Waals surface area contributed by atoms with E-state index in [0.29, 0.717) is 22.8 Å². The average Bonchev–Trinajstić information content (AvgIpc) is 2.74. The lowest BCUT2D eigenvalue weighted by Crippen LogP contribution is -2.15. The number of hydrogen-bond acceptors (Lipinski definition) is 5. The first-order valence-electron chi connectivity index (χ1n) is 9.23. The van der Waals surface area contributed by atoms with Gasteiger partial charge in [0.05, 0.1) is 17.7 Å². The normalized spacial score (nSPS) is 10.8. The second-order valence-electron chi connectivity index (χ2n) is 6.55. The molecule has 0 saturated heterocycles. The quantitative estimate of drug-likeness (QED) is 0.519. The summed E-state index contributed by atoms with van der Waals surface area (Å²) in [5.74, 6) is -0.254. The Bertz CT molecular complexity index is 1190. The van der Waals surface area contributed by atoms with Gasteiger partial charge in [-0.3, -0.25) is 14.3 Å². The highest BCUT2D eigenvalue weighted by Gasteiger charge is 2.16. The number of benzene rings is 3. The highest BCUT2D eigenvalue weighted by molar-refractivity contribution is 7.92. The van der Waals surface area contributed by atoms with Crippen molar-refractivity contribution in [2.24, 2.45) is 0 Å². The minimum absolute atomic E-state index is 0.0327. The van der Waals surface area contributed by atoms with E-state index in [4.69, 9.17) is 4.74 Å². The Kier molecular flexibility index (Phi) is 6.56. The van der Waals surface area contributed by atoms with Gasteiger partial charge >= 0.3 is 0 Å². The lowest BCUT2D eigenvalue weighted by Gasteiger charge is -2.12. The van der Waals surface area contributed by atoms with Crippen LogP contribution >= 0.6 is 0 Å². The molecule has 31 heavy (non-hydrogen) atoms. The van der Waals surface area contributed by atoms with Crippen molar-refractivity contribution < 1.29 is 22.7 Å². The summed E-state index contributed by atoms with van der Waals surface area (Å²) in [7, 11) is -2.30. The zero-order valence-corrected chi connectivity index (χ0v) is 17.7. The third-order valence-electron chi connectivity index (χ3n) is 4.22. The fourth-order valence-electron chi connectivity index (χ4n) is 2.78. The van der Waals surface area contributed by atoms with Crippen molar-refractivity contribution in [3.63, 3.8) is 0 Å². The number of ether oxygens (including phenoxy) is 1. The van der Waals surface area contributed by atoms with Crippen molar-refractivity contribution in [3.05, 3.63) is 78.4 Å². The standard InChI is InChI=1S/C22H21N3O5S/c1-15(26)23-20-14-18(10-13-21(20)30-2)24-22(27)16-8-11-19(12-9-16)31(28,29)25-17-6-4-3-5-7-17/h3-14,25H,1-2H3,(H,23,26)(H,24,27). The molecule has 3 rings (SSSR count). The van der Waals surface area contributed by atoms with Gasteiger partial charge < -0.3 is 15.4 Å². The number of carbonyl (C=O) groups is 2. The molecule has 0 unspecified atom stereocenters. The SMILES string of the molecule is COc1ccc(NC(=O)c2ccc(S(=O)(=O)Nc3ccccc3)cc2)cc1NC(C)=O. The molecule has 3 N–H and O–H groups in total. The predicted octanol–water partition coefficient (Wildman–Crippen LogP) is 3.71. The molecule has 0 saturated carbocycles. The van der Waals surface area contributed by atoms with E-state index >= 15 is 0 Å². The van der Waals surface area contributed by atoms with Gasteiger partial charge in [0.25, 0.3) is 15.9 Å². The van der Waals surface area contributed by atoms with Gasteiger partial charge in [0.2, 0.25) is 5.91 Å². The van der Waals surface area contributed by atoms with Crippen molar-refractivity contribution in [1.29, 1.82) is 0 Å². The molecule has 3 aromatic carbocycles. The Morgan fingerprint density at radius 3 is 2.13 bits per heavy atom. The van der Waals surface area contributed by atoms with E-state index in [-0.39, 0.29) is 16.4 Å². The molecule has 0 aliphatic carbocycles. The maximum atomic E-state index is 12.6. The number of para-hydroxylation sites is 1. The van der Waals surface area contributed by atoms with E-state index in [1.54, 1.807) is 48.5 Å². The fraction of sp³-hybridized carbons (Fsp3) is 0.0909. The average molecular weight is 439 g/mol. The van der Waals surface area contributed by atoms with Crippen molar-refractivity contribution in [2.75, 3.05) is 22.5 Å². The van der Waals surface area contributed by atoms with E-state index in [2.05, 4.69) is 15.4 Å². The monoisotopic (exact) mass is 439 g/mol. The van der Waals surface area contributed by atoms with Crippen LogP contribution in [-0.2, 0) is 14.8 Å². The molecule has 0 atom stereocenters. The lowest BCUT2D eigenvalue weighted by molar-refractivity contribution is -0.114. The summed E-state index contributed by atoms with van der Waals surface area (Å²) >= 11 is 0. The van der Waals surface area contributed by atoms with E-state index in [0.717, 1.165) is 0 Å². The van der Waals surface area contributed by atoms with Crippen molar-refractivity contribution in [3.8, 4) is 5.75 Å². The lowest BCUT2D eigenvalue weighted by atomic mass is 10.2. The molecule has 0 heterocycles. The van der Waals surface area contributed by atoms with Crippen LogP contribution in [0.1, 0.15) is 17.3 Å². The number of nitrogens with one attached hydrogen (secondary N) is 3. The summed E-state index contributed by atoms with van der Waals surface area (Å²) in [4.78, 5) is 23.9. The Hall–Kier alpha value is -3.85. The van der Waals surface area contributed by atoms with Crippen LogP contribution in [0, 0.1) is 0 Å². The fourth-order valence-corrected chi connectivity index (χ4v) is 3.84. The molecular formula is C22H21N3O5S. The number of hydrogen-bond donors (Lipinski definition) is 3. The van der Waals surface area contributed by atoms with E-state index < -0.39 is 15.9 Å². The zero-order valence-electron chi connectivity index (χ0n) is 16.9. The molecule has 2 amide bonds. The molecule has 0 bridgehead atoms. The molecule has 160 valence electrons. The highest BCUT2D eigenvalue weighted by atomic mass is 32.2. The van der Waals surface area contributed by atoms with Crippen LogP contribution in [0.25, 0.3) is 0 Å². The molecule has 0 aliphatic heterocycles. The first-order valence-corrected chi connectivity index (χ1v) is 10.7. The summed E-state index contributed by atoms with van der Waals surface area (Å²) in [6, 6.07) is 18.9. The molecule has 0 spiro atoms. The number of methoxy groups -OCH3 is 1. The van der Waals surface area contributed by atoms with Crippen LogP contribution in [0.15, 0.2) is 77.7 Å². The first kappa shape index (κ1) is 21.8. The summed E-state index contributed by atoms with van der Waals surface area (Å²) in [6.07, 6.45) is 0. The van der Waals surface area contributed by atoms with E-state index in [1.807, 2.05) is 0 Å². The minimum atomic E-state index is -3.78. The van der Waals surface area contributed by atoms with Crippen molar-refractivity contribution in [1.82, 2.24) is 0 Å². The molecule has 0 aliphatic rings. The maximum absolute atomic E-state index is 12.6. The molecule has 0 fully saturated rings.